The smallest absolute Gasteiger partial charge is 0.459 e. The van der Waals surface area contributed by atoms with Gasteiger partial charge in [0.2, 0.25) is 0 Å². The number of ether oxygens (including phenoxy) is 4. The fraction of sp³-hybridized carbons (Fsp3) is 0.222. The monoisotopic (exact) mass is 572 g/mol. The normalized spacial score (nSPS) is 22.6. The van der Waals surface area contributed by atoms with Crippen molar-refractivity contribution in [2.45, 2.75) is 30.7 Å². The second-order valence-corrected chi connectivity index (χ2v) is 9.75. The molecule has 210 valence electrons. The Bertz CT molecular complexity index is 1350. The minimum absolute atomic E-state index is 0.0543. The molecule has 12 nitrogen and oxygen atoms in total. The molecule has 0 radical (unpaired) electrons. The van der Waals surface area contributed by atoms with Gasteiger partial charge >= 0.3 is 25.7 Å². The Hall–Kier alpha value is -3.90. The van der Waals surface area contributed by atoms with E-state index in [1.165, 1.54) is 36.4 Å². The van der Waals surface area contributed by atoms with Crippen molar-refractivity contribution in [3.8, 4) is 0 Å². The van der Waals surface area contributed by atoms with Crippen molar-refractivity contribution in [3.05, 3.63) is 108 Å². The number of carbonyl (C=O) groups is 3. The van der Waals surface area contributed by atoms with E-state index in [0.29, 0.717) is 0 Å². The zero-order valence-corrected chi connectivity index (χ0v) is 21.6. The SMILES string of the molecule is O=C(OC[C@H]1O[C@H](O)[C@@H](OC(=O)c2ccccc2)[C@@H](OC(=O)c2ccccc2)[C@@H]1OP(=O)(O)O)c1ccccc1. The van der Waals surface area contributed by atoms with Crippen LogP contribution in [0.2, 0.25) is 0 Å². The molecule has 0 saturated carbocycles. The van der Waals surface area contributed by atoms with Gasteiger partial charge in [-0.1, -0.05) is 54.6 Å². The van der Waals surface area contributed by atoms with Crippen LogP contribution in [0.25, 0.3) is 0 Å². The fourth-order valence-electron chi connectivity index (χ4n) is 3.92. The number of aliphatic hydroxyl groups is 1. The summed E-state index contributed by atoms with van der Waals surface area (Å²) in [6, 6.07) is 23.1. The van der Waals surface area contributed by atoms with Crippen molar-refractivity contribution in [2.75, 3.05) is 6.61 Å². The Kier molecular flexibility index (Phi) is 9.43. The molecule has 3 aromatic rings. The molecule has 13 heteroatoms. The largest absolute Gasteiger partial charge is 0.470 e. The predicted octanol–water partition coefficient (Wildman–Crippen LogP) is 2.49. The van der Waals surface area contributed by atoms with E-state index >= 15 is 0 Å². The van der Waals surface area contributed by atoms with Gasteiger partial charge in [0, 0.05) is 0 Å². The lowest BCUT2D eigenvalue weighted by Crippen LogP contribution is -2.62. The van der Waals surface area contributed by atoms with Crippen LogP contribution in [-0.4, -0.2) is 70.1 Å². The van der Waals surface area contributed by atoms with Crippen LogP contribution in [0.4, 0.5) is 0 Å². The maximum Gasteiger partial charge on any atom is 0.470 e. The average molecular weight is 572 g/mol. The number of phosphoric ester groups is 1. The molecule has 1 fully saturated rings. The van der Waals surface area contributed by atoms with Gasteiger partial charge in [0.15, 0.2) is 18.5 Å². The van der Waals surface area contributed by atoms with Crippen LogP contribution < -0.4 is 0 Å². The molecule has 0 aliphatic carbocycles. The summed E-state index contributed by atoms with van der Waals surface area (Å²) >= 11 is 0. The van der Waals surface area contributed by atoms with Crippen LogP contribution in [0.1, 0.15) is 31.1 Å². The predicted molar refractivity (Wildman–Crippen MR) is 136 cm³/mol. The molecule has 40 heavy (non-hydrogen) atoms. The average Bonchev–Trinajstić information content (AvgIpc) is 2.95. The van der Waals surface area contributed by atoms with Crippen molar-refractivity contribution in [1.29, 1.82) is 0 Å². The van der Waals surface area contributed by atoms with E-state index in [2.05, 4.69) is 0 Å². The first-order chi connectivity index (χ1) is 19.1. The molecule has 1 heterocycles. The van der Waals surface area contributed by atoms with Crippen LogP contribution in [-0.2, 0) is 28.0 Å². The summed E-state index contributed by atoms with van der Waals surface area (Å²) in [6.45, 7) is -0.672. The Morgan fingerprint density at radius 1 is 0.675 bits per heavy atom. The Labute approximate surface area is 228 Å². The molecule has 0 bridgehead atoms. The molecule has 5 atom stereocenters. The van der Waals surface area contributed by atoms with Crippen LogP contribution in [0.3, 0.4) is 0 Å². The molecule has 4 rings (SSSR count). The summed E-state index contributed by atoms with van der Waals surface area (Å²) in [5.41, 5.74) is 0.306. The van der Waals surface area contributed by atoms with Crippen LogP contribution in [0.5, 0.6) is 0 Å². The number of esters is 3. The summed E-state index contributed by atoms with van der Waals surface area (Å²) in [5, 5.41) is 10.8. The van der Waals surface area contributed by atoms with Crippen molar-refractivity contribution < 1.29 is 57.3 Å². The lowest BCUT2D eigenvalue weighted by Gasteiger charge is -2.43. The number of benzene rings is 3. The first-order valence-electron chi connectivity index (χ1n) is 11.9. The van der Waals surface area contributed by atoms with Gasteiger partial charge in [0.25, 0.3) is 0 Å². The van der Waals surface area contributed by atoms with E-state index in [-0.39, 0.29) is 16.7 Å². The van der Waals surface area contributed by atoms with Crippen LogP contribution >= 0.6 is 7.82 Å². The van der Waals surface area contributed by atoms with Gasteiger partial charge in [-0.3, -0.25) is 4.52 Å². The first kappa shape index (κ1) is 29.1. The first-order valence-corrected chi connectivity index (χ1v) is 13.5. The number of carbonyl (C=O) groups excluding carboxylic acids is 3. The third kappa shape index (κ3) is 7.60. The molecular weight excluding hydrogens is 547 g/mol. The third-order valence-electron chi connectivity index (χ3n) is 5.76. The molecule has 0 amide bonds. The summed E-state index contributed by atoms with van der Waals surface area (Å²) in [5.74, 6) is -2.72. The van der Waals surface area contributed by atoms with Gasteiger partial charge in [-0.25, -0.2) is 18.9 Å². The zero-order valence-electron chi connectivity index (χ0n) is 20.7. The topological polar surface area (TPSA) is 175 Å². The van der Waals surface area contributed by atoms with E-state index in [4.69, 9.17) is 23.5 Å². The van der Waals surface area contributed by atoms with Gasteiger partial charge in [-0.15, -0.1) is 0 Å². The highest BCUT2D eigenvalue weighted by Crippen LogP contribution is 2.42. The maximum absolute atomic E-state index is 13.0. The van der Waals surface area contributed by atoms with Gasteiger partial charge in [0.1, 0.15) is 18.8 Å². The van der Waals surface area contributed by atoms with Gasteiger partial charge in [-0.2, -0.15) is 0 Å². The number of hydrogen-bond acceptors (Lipinski definition) is 10. The number of aliphatic hydroxyl groups excluding tert-OH is 1. The second kappa shape index (κ2) is 13.0. The number of phosphoric acid groups is 1. The van der Waals surface area contributed by atoms with Gasteiger partial charge in [0.05, 0.1) is 16.7 Å². The third-order valence-corrected chi connectivity index (χ3v) is 6.28. The molecule has 0 unspecified atom stereocenters. The quantitative estimate of drug-likeness (QED) is 0.194. The molecular formula is C27H25O12P. The fourth-order valence-corrected chi connectivity index (χ4v) is 4.49. The molecule has 3 N–H and O–H groups in total. The second-order valence-electron chi connectivity index (χ2n) is 8.56. The van der Waals surface area contributed by atoms with Gasteiger partial charge < -0.3 is 33.8 Å². The lowest BCUT2D eigenvalue weighted by atomic mass is 9.98. The standard InChI is InChI=1S/C27H25O12P/c28-24(17-10-4-1-5-11-17)35-16-20-21(39-40(32,33)34)22(37-25(29)18-12-6-2-7-13-18)23(27(31)36-20)38-26(30)19-14-8-3-9-15-19/h1-15,20-23,27,31H,16H2,(H2,32,33,34)/t20-,21-,22+,23+,27+/m1/s1. The highest BCUT2D eigenvalue weighted by Gasteiger charge is 2.53. The van der Waals surface area contributed by atoms with Crippen molar-refractivity contribution in [2.24, 2.45) is 0 Å². The molecule has 1 aliphatic heterocycles. The Balaban J connectivity index is 1.64. The van der Waals surface area contributed by atoms with E-state index in [9.17, 15) is 33.8 Å². The number of rotatable bonds is 9. The molecule has 3 aromatic carbocycles. The van der Waals surface area contributed by atoms with Crippen molar-refractivity contribution in [1.82, 2.24) is 0 Å². The van der Waals surface area contributed by atoms with Gasteiger partial charge in [-0.05, 0) is 36.4 Å². The summed E-state index contributed by atoms with van der Waals surface area (Å²) < 4.78 is 38.4. The van der Waals surface area contributed by atoms with Crippen LogP contribution in [0.15, 0.2) is 91.0 Å². The lowest BCUT2D eigenvalue weighted by molar-refractivity contribution is -0.282. The summed E-state index contributed by atoms with van der Waals surface area (Å²) in [7, 11) is -5.30. The maximum atomic E-state index is 13.0. The molecule has 0 spiro atoms. The minimum Gasteiger partial charge on any atom is -0.459 e. The highest BCUT2D eigenvalue weighted by molar-refractivity contribution is 7.46. The van der Waals surface area contributed by atoms with E-state index < -0.39 is 63.0 Å². The Morgan fingerprint density at radius 3 is 1.55 bits per heavy atom. The van der Waals surface area contributed by atoms with E-state index in [1.54, 1.807) is 54.6 Å². The van der Waals surface area contributed by atoms with Crippen molar-refractivity contribution in [3.63, 3.8) is 0 Å². The summed E-state index contributed by atoms with van der Waals surface area (Å²) in [4.78, 5) is 57.5. The van der Waals surface area contributed by atoms with Crippen LogP contribution in [0, 0.1) is 0 Å². The Morgan fingerprint density at radius 2 is 1.10 bits per heavy atom. The molecule has 1 aliphatic rings. The highest BCUT2D eigenvalue weighted by atomic mass is 31.2. The van der Waals surface area contributed by atoms with E-state index in [0.717, 1.165) is 0 Å². The van der Waals surface area contributed by atoms with Crippen molar-refractivity contribution >= 4 is 25.7 Å². The summed E-state index contributed by atoms with van der Waals surface area (Å²) in [6.07, 6.45) is -8.99. The minimum atomic E-state index is -5.30. The van der Waals surface area contributed by atoms with E-state index in [1.807, 2.05) is 0 Å². The number of hydrogen-bond donors (Lipinski definition) is 3. The molecule has 1 saturated heterocycles. The zero-order chi connectivity index (χ0) is 28.7. The molecule has 0 aromatic heterocycles.